The number of hydrogen-bond acceptors (Lipinski definition) is 2. The first kappa shape index (κ1) is 13.0. The zero-order chi connectivity index (χ0) is 11.3. The normalized spacial score (nSPS) is 27.6. The molecule has 90 valence electrons. The molecule has 0 spiro atoms. The Morgan fingerprint density at radius 3 is 2.80 bits per heavy atom. The molecule has 1 rings (SSSR count). The van der Waals surface area contributed by atoms with E-state index in [-0.39, 0.29) is 0 Å². The minimum Gasteiger partial charge on any atom is -0.384 e. The molecule has 15 heavy (non-hydrogen) atoms. The van der Waals surface area contributed by atoms with E-state index in [1.807, 2.05) is 0 Å². The number of methoxy groups -OCH3 is 1. The van der Waals surface area contributed by atoms with Gasteiger partial charge in [0.25, 0.3) is 0 Å². The molecule has 1 N–H and O–H groups in total. The highest BCUT2D eigenvalue weighted by Crippen LogP contribution is 2.35. The third-order valence-corrected chi connectivity index (χ3v) is 3.41. The van der Waals surface area contributed by atoms with E-state index < -0.39 is 0 Å². The molecule has 2 heteroatoms. The van der Waals surface area contributed by atoms with Gasteiger partial charge in [0.2, 0.25) is 0 Å². The lowest BCUT2D eigenvalue weighted by Crippen LogP contribution is -2.39. The van der Waals surface area contributed by atoms with Gasteiger partial charge in [-0.05, 0) is 30.6 Å². The Hall–Kier alpha value is -0.0800. The smallest absolute Gasteiger partial charge is 0.0499 e. The average Bonchev–Trinajstić information content (AvgIpc) is 2.14. The molecule has 1 aliphatic carbocycles. The first-order valence-electron chi connectivity index (χ1n) is 6.26. The Morgan fingerprint density at radius 1 is 1.47 bits per heavy atom. The van der Waals surface area contributed by atoms with Gasteiger partial charge >= 0.3 is 0 Å². The van der Waals surface area contributed by atoms with E-state index in [0.717, 1.165) is 19.2 Å². The molecule has 2 unspecified atom stereocenters. The monoisotopic (exact) mass is 213 g/mol. The molecule has 0 aromatic rings. The molecule has 2 nitrogen and oxygen atoms in total. The first-order chi connectivity index (χ1) is 7.03. The van der Waals surface area contributed by atoms with Crippen LogP contribution in [-0.2, 0) is 4.74 Å². The molecule has 0 saturated heterocycles. The van der Waals surface area contributed by atoms with Crippen LogP contribution in [0.4, 0.5) is 0 Å². The van der Waals surface area contributed by atoms with E-state index in [1.165, 1.54) is 25.7 Å². The van der Waals surface area contributed by atoms with Crippen molar-refractivity contribution in [2.24, 2.45) is 11.3 Å². The van der Waals surface area contributed by atoms with Crippen LogP contribution < -0.4 is 5.32 Å². The second-order valence-corrected chi connectivity index (χ2v) is 5.93. The Balaban J connectivity index is 2.21. The lowest BCUT2D eigenvalue weighted by molar-refractivity contribution is 0.147. The summed E-state index contributed by atoms with van der Waals surface area (Å²) in [6, 6.07) is 0.730. The Morgan fingerprint density at radius 2 is 2.20 bits per heavy atom. The molecule has 0 bridgehead atoms. The van der Waals surface area contributed by atoms with Crippen molar-refractivity contribution in [2.45, 2.75) is 52.5 Å². The Kier molecular flexibility index (Phi) is 5.07. The quantitative estimate of drug-likeness (QED) is 0.758. The van der Waals surface area contributed by atoms with Crippen molar-refractivity contribution < 1.29 is 4.74 Å². The van der Waals surface area contributed by atoms with Crippen molar-refractivity contribution >= 4 is 0 Å². The van der Waals surface area contributed by atoms with Crippen LogP contribution in [-0.4, -0.2) is 26.3 Å². The number of rotatable bonds is 5. The highest BCUT2D eigenvalue weighted by atomic mass is 16.5. The van der Waals surface area contributed by atoms with Gasteiger partial charge in [0.05, 0.1) is 0 Å². The predicted octanol–water partition coefficient (Wildman–Crippen LogP) is 2.83. The maximum absolute atomic E-state index is 5.14. The SMILES string of the molecule is COCC(C)CNC1CCCC(C)(C)C1. The summed E-state index contributed by atoms with van der Waals surface area (Å²) in [6.45, 7) is 8.97. The van der Waals surface area contributed by atoms with Crippen molar-refractivity contribution in [2.75, 3.05) is 20.3 Å². The fraction of sp³-hybridized carbons (Fsp3) is 1.00. The number of hydrogen-bond donors (Lipinski definition) is 1. The number of ether oxygens (including phenoxy) is 1. The average molecular weight is 213 g/mol. The first-order valence-corrected chi connectivity index (χ1v) is 6.26. The van der Waals surface area contributed by atoms with Crippen LogP contribution in [0.1, 0.15) is 46.5 Å². The van der Waals surface area contributed by atoms with Crippen LogP contribution in [0.5, 0.6) is 0 Å². The van der Waals surface area contributed by atoms with Gasteiger partial charge in [0.1, 0.15) is 0 Å². The lowest BCUT2D eigenvalue weighted by Gasteiger charge is -2.36. The van der Waals surface area contributed by atoms with Gasteiger partial charge in [0.15, 0.2) is 0 Å². The number of nitrogens with one attached hydrogen (secondary N) is 1. The van der Waals surface area contributed by atoms with E-state index in [2.05, 4.69) is 26.1 Å². The van der Waals surface area contributed by atoms with Gasteiger partial charge in [-0.25, -0.2) is 0 Å². The van der Waals surface area contributed by atoms with Gasteiger partial charge in [0, 0.05) is 26.3 Å². The van der Waals surface area contributed by atoms with Gasteiger partial charge < -0.3 is 10.1 Å². The molecule has 0 aromatic heterocycles. The molecule has 0 aromatic carbocycles. The third-order valence-electron chi connectivity index (χ3n) is 3.41. The van der Waals surface area contributed by atoms with Gasteiger partial charge in [-0.3, -0.25) is 0 Å². The van der Waals surface area contributed by atoms with Crippen LogP contribution in [0.15, 0.2) is 0 Å². The highest BCUT2D eigenvalue weighted by Gasteiger charge is 2.27. The lowest BCUT2D eigenvalue weighted by atomic mass is 9.75. The molecule has 1 saturated carbocycles. The van der Waals surface area contributed by atoms with Crippen LogP contribution in [0, 0.1) is 11.3 Å². The van der Waals surface area contributed by atoms with E-state index >= 15 is 0 Å². The van der Waals surface area contributed by atoms with Crippen LogP contribution in [0.25, 0.3) is 0 Å². The second kappa shape index (κ2) is 5.86. The summed E-state index contributed by atoms with van der Waals surface area (Å²) in [7, 11) is 1.78. The molecular formula is C13H27NO. The van der Waals surface area contributed by atoms with E-state index in [4.69, 9.17) is 4.74 Å². The minimum absolute atomic E-state index is 0.542. The summed E-state index contributed by atoms with van der Waals surface area (Å²) in [4.78, 5) is 0. The standard InChI is InChI=1S/C13H27NO/c1-11(10-15-4)9-14-12-6-5-7-13(2,3)8-12/h11-12,14H,5-10H2,1-4H3. The van der Waals surface area contributed by atoms with Crippen molar-refractivity contribution in [3.8, 4) is 0 Å². The van der Waals surface area contributed by atoms with Gasteiger partial charge in [-0.2, -0.15) is 0 Å². The zero-order valence-corrected chi connectivity index (χ0v) is 10.8. The Bertz CT molecular complexity index is 179. The van der Waals surface area contributed by atoms with Gasteiger partial charge in [-0.1, -0.05) is 27.2 Å². The zero-order valence-electron chi connectivity index (χ0n) is 10.8. The molecular weight excluding hydrogens is 186 g/mol. The fourth-order valence-corrected chi connectivity index (χ4v) is 2.58. The summed E-state index contributed by atoms with van der Waals surface area (Å²) in [6.07, 6.45) is 5.44. The molecule has 0 radical (unpaired) electrons. The maximum atomic E-state index is 5.14. The van der Waals surface area contributed by atoms with Crippen LogP contribution >= 0.6 is 0 Å². The molecule has 1 fully saturated rings. The molecule has 2 atom stereocenters. The van der Waals surface area contributed by atoms with Crippen molar-refractivity contribution in [1.29, 1.82) is 0 Å². The second-order valence-electron chi connectivity index (χ2n) is 5.93. The molecule has 0 amide bonds. The summed E-state index contributed by atoms with van der Waals surface area (Å²) < 4.78 is 5.14. The fourth-order valence-electron chi connectivity index (χ4n) is 2.58. The largest absolute Gasteiger partial charge is 0.384 e. The van der Waals surface area contributed by atoms with E-state index in [0.29, 0.717) is 11.3 Å². The topological polar surface area (TPSA) is 21.3 Å². The van der Waals surface area contributed by atoms with Crippen LogP contribution in [0.3, 0.4) is 0 Å². The maximum Gasteiger partial charge on any atom is 0.0499 e. The summed E-state index contributed by atoms with van der Waals surface area (Å²) in [5.74, 6) is 0.625. The summed E-state index contributed by atoms with van der Waals surface area (Å²) >= 11 is 0. The summed E-state index contributed by atoms with van der Waals surface area (Å²) in [5.41, 5.74) is 0.542. The van der Waals surface area contributed by atoms with E-state index in [9.17, 15) is 0 Å². The summed E-state index contributed by atoms with van der Waals surface area (Å²) in [5, 5.41) is 3.68. The van der Waals surface area contributed by atoms with Crippen LogP contribution in [0.2, 0.25) is 0 Å². The van der Waals surface area contributed by atoms with Gasteiger partial charge in [-0.15, -0.1) is 0 Å². The van der Waals surface area contributed by atoms with Crippen molar-refractivity contribution in [1.82, 2.24) is 5.32 Å². The minimum atomic E-state index is 0.542. The molecule has 1 aliphatic rings. The molecule has 0 heterocycles. The predicted molar refractivity (Wildman–Crippen MR) is 65.1 cm³/mol. The van der Waals surface area contributed by atoms with Crippen molar-refractivity contribution in [3.63, 3.8) is 0 Å². The third kappa shape index (κ3) is 4.98. The van der Waals surface area contributed by atoms with Crippen molar-refractivity contribution in [3.05, 3.63) is 0 Å². The van der Waals surface area contributed by atoms with E-state index in [1.54, 1.807) is 7.11 Å². The highest BCUT2D eigenvalue weighted by molar-refractivity contribution is 4.83. The molecule has 0 aliphatic heterocycles. The Labute approximate surface area is 94.8 Å².